The standard InChI is InChI=1S/C24H29N3O6.C2H6.CH4S/c1-14(25-21(29)22(30)33-24(2,3)4)20(28)26-27-23(31)32-13-19-17-11-7-5-9-15(17)16-10-6-8-12-18(16)19;2*1-2/h5-12,14-15,17,19H,13H2,1-4H3,(H,25,29)(H,26,28)(H,27,31);1-2H3;2H,1H3/t14-,15?,17?,19?;;/m0../s1. The molecule has 0 spiro atoms. The molecule has 37 heavy (non-hydrogen) atoms. The molecular formula is C27H39N3O6S. The van der Waals surface area contributed by atoms with Crippen LogP contribution in [-0.2, 0) is 23.9 Å². The lowest BCUT2D eigenvalue weighted by molar-refractivity contribution is -0.163. The van der Waals surface area contributed by atoms with Crippen LogP contribution in [0.15, 0.2) is 48.6 Å². The molecule has 3 rings (SSSR count). The van der Waals surface area contributed by atoms with Gasteiger partial charge in [0.15, 0.2) is 0 Å². The number of hydrogen-bond donors (Lipinski definition) is 4. The van der Waals surface area contributed by atoms with Gasteiger partial charge in [0, 0.05) is 11.8 Å². The van der Waals surface area contributed by atoms with Crippen molar-refractivity contribution in [3.05, 3.63) is 59.7 Å². The molecule has 0 aliphatic heterocycles. The van der Waals surface area contributed by atoms with Gasteiger partial charge in [-0.3, -0.25) is 15.0 Å². The van der Waals surface area contributed by atoms with Gasteiger partial charge in [0.1, 0.15) is 18.2 Å². The summed E-state index contributed by atoms with van der Waals surface area (Å²) in [5, 5.41) is 2.21. The molecule has 2 aliphatic rings. The molecule has 3 N–H and O–H groups in total. The van der Waals surface area contributed by atoms with Crippen LogP contribution < -0.4 is 16.2 Å². The summed E-state index contributed by atoms with van der Waals surface area (Å²) < 4.78 is 10.3. The lowest BCUT2D eigenvalue weighted by Gasteiger charge is -2.22. The summed E-state index contributed by atoms with van der Waals surface area (Å²) in [4.78, 5) is 47.9. The lowest BCUT2D eigenvalue weighted by atomic mass is 9.84. The molecule has 0 aromatic heterocycles. The van der Waals surface area contributed by atoms with E-state index in [2.05, 4.69) is 47.0 Å². The van der Waals surface area contributed by atoms with Gasteiger partial charge in [-0.25, -0.2) is 15.0 Å². The minimum atomic E-state index is -1.10. The van der Waals surface area contributed by atoms with Crippen LogP contribution in [0.4, 0.5) is 4.79 Å². The maximum absolute atomic E-state index is 12.1. The van der Waals surface area contributed by atoms with Crippen molar-refractivity contribution in [2.24, 2.45) is 5.92 Å². The van der Waals surface area contributed by atoms with Gasteiger partial charge in [-0.1, -0.05) is 62.4 Å². The fourth-order valence-electron chi connectivity index (χ4n) is 3.95. The van der Waals surface area contributed by atoms with E-state index in [1.165, 1.54) is 12.5 Å². The van der Waals surface area contributed by atoms with E-state index in [0.29, 0.717) is 0 Å². The predicted octanol–water partition coefficient (Wildman–Crippen LogP) is 3.79. The molecule has 0 saturated carbocycles. The number of fused-ring (bicyclic) bond motifs is 3. The average molecular weight is 534 g/mol. The van der Waals surface area contributed by atoms with Crippen LogP contribution in [0.25, 0.3) is 0 Å². The number of benzene rings is 1. The Labute approximate surface area is 224 Å². The third-order valence-electron chi connectivity index (χ3n) is 5.40. The highest BCUT2D eigenvalue weighted by Gasteiger charge is 2.39. The second-order valence-electron chi connectivity index (χ2n) is 9.02. The molecule has 1 aromatic rings. The summed E-state index contributed by atoms with van der Waals surface area (Å²) in [5.74, 6) is -2.44. The summed E-state index contributed by atoms with van der Waals surface area (Å²) in [6, 6.07) is 6.99. The van der Waals surface area contributed by atoms with E-state index >= 15 is 0 Å². The van der Waals surface area contributed by atoms with E-state index in [9.17, 15) is 19.2 Å². The molecule has 0 bridgehead atoms. The molecule has 10 heteroatoms. The quantitative estimate of drug-likeness (QED) is 0.202. The predicted molar refractivity (Wildman–Crippen MR) is 146 cm³/mol. The van der Waals surface area contributed by atoms with E-state index in [-0.39, 0.29) is 24.4 Å². The van der Waals surface area contributed by atoms with Crippen molar-refractivity contribution < 1.29 is 28.7 Å². The Hall–Kier alpha value is -3.27. The van der Waals surface area contributed by atoms with Crippen molar-refractivity contribution >= 4 is 36.5 Å². The maximum Gasteiger partial charge on any atom is 0.426 e. The normalized spacial score (nSPS) is 19.3. The number of carbonyl (C=O) groups excluding carboxylic acids is 4. The molecule has 2 aliphatic carbocycles. The number of nitrogens with one attached hydrogen (secondary N) is 3. The molecule has 0 heterocycles. The highest BCUT2D eigenvalue weighted by molar-refractivity contribution is 7.79. The molecule has 0 radical (unpaired) electrons. The molecule has 4 atom stereocenters. The molecule has 0 fully saturated rings. The van der Waals surface area contributed by atoms with Gasteiger partial charge in [0.25, 0.3) is 5.91 Å². The van der Waals surface area contributed by atoms with Crippen molar-refractivity contribution in [1.82, 2.24) is 16.2 Å². The van der Waals surface area contributed by atoms with Crippen LogP contribution in [0.3, 0.4) is 0 Å². The Bertz CT molecular complexity index is 1000. The highest BCUT2D eigenvalue weighted by atomic mass is 32.1. The molecular weight excluding hydrogens is 494 g/mol. The zero-order valence-corrected chi connectivity index (χ0v) is 23.4. The van der Waals surface area contributed by atoms with Crippen LogP contribution in [-0.4, -0.2) is 48.4 Å². The number of allylic oxidation sites excluding steroid dienone is 4. The first-order valence-electron chi connectivity index (χ1n) is 12.2. The SMILES string of the molecule is CC.CS.C[C@H](NC(=O)C(=O)OC(C)(C)C)C(=O)NNC(=O)OCC1c2ccccc2C2C=CC=CC21. The van der Waals surface area contributed by atoms with E-state index in [1.807, 2.05) is 44.2 Å². The van der Waals surface area contributed by atoms with E-state index < -0.39 is 35.5 Å². The smallest absolute Gasteiger partial charge is 0.426 e. The van der Waals surface area contributed by atoms with Crippen molar-refractivity contribution in [2.45, 2.75) is 65.0 Å². The Morgan fingerprint density at radius 1 is 0.973 bits per heavy atom. The summed E-state index contributed by atoms with van der Waals surface area (Å²) in [6.45, 7) is 10.4. The third kappa shape index (κ3) is 9.27. The monoisotopic (exact) mass is 533 g/mol. The number of thiol groups is 1. The number of hydrogen-bond acceptors (Lipinski definition) is 7. The molecule has 9 nitrogen and oxygen atoms in total. The average Bonchev–Trinajstić information content (AvgIpc) is 3.21. The zero-order chi connectivity index (χ0) is 28.2. The summed E-state index contributed by atoms with van der Waals surface area (Å²) >= 11 is 3.53. The topological polar surface area (TPSA) is 123 Å². The van der Waals surface area contributed by atoms with Crippen molar-refractivity contribution in [2.75, 3.05) is 12.9 Å². The van der Waals surface area contributed by atoms with E-state index in [0.717, 1.165) is 5.56 Å². The van der Waals surface area contributed by atoms with Gasteiger partial charge >= 0.3 is 18.0 Å². The van der Waals surface area contributed by atoms with Crippen molar-refractivity contribution in [3.8, 4) is 0 Å². The summed E-state index contributed by atoms with van der Waals surface area (Å²) in [7, 11) is 0. The number of esters is 1. The first-order chi connectivity index (χ1) is 17.6. The summed E-state index contributed by atoms with van der Waals surface area (Å²) in [5.41, 5.74) is 5.86. The number of amides is 3. The molecule has 3 amide bonds. The van der Waals surface area contributed by atoms with Crippen molar-refractivity contribution in [3.63, 3.8) is 0 Å². The summed E-state index contributed by atoms with van der Waals surface area (Å²) in [6.07, 6.45) is 9.15. The minimum absolute atomic E-state index is 0.000826. The van der Waals surface area contributed by atoms with Gasteiger partial charge in [-0.15, -0.1) is 0 Å². The van der Waals surface area contributed by atoms with Gasteiger partial charge in [-0.2, -0.15) is 12.6 Å². The Kier molecular flexibility index (Phi) is 13.0. The number of carbonyl (C=O) groups is 4. The van der Waals surface area contributed by atoms with Crippen LogP contribution >= 0.6 is 12.6 Å². The number of rotatable bonds is 4. The van der Waals surface area contributed by atoms with Gasteiger partial charge in [0.05, 0.1) is 0 Å². The fraction of sp³-hybridized carbons (Fsp3) is 0.481. The van der Waals surface area contributed by atoms with Gasteiger partial charge < -0.3 is 14.8 Å². The second-order valence-corrected chi connectivity index (χ2v) is 9.02. The van der Waals surface area contributed by atoms with Gasteiger partial charge in [0.2, 0.25) is 0 Å². The van der Waals surface area contributed by atoms with E-state index in [1.54, 1.807) is 27.0 Å². The van der Waals surface area contributed by atoms with E-state index in [4.69, 9.17) is 9.47 Å². The number of ether oxygens (including phenoxy) is 2. The first kappa shape index (κ1) is 31.8. The highest BCUT2D eigenvalue weighted by Crippen LogP contribution is 2.49. The third-order valence-corrected chi connectivity index (χ3v) is 5.40. The van der Waals surface area contributed by atoms with Crippen molar-refractivity contribution in [1.29, 1.82) is 0 Å². The first-order valence-corrected chi connectivity index (χ1v) is 13.1. The molecule has 3 unspecified atom stereocenters. The Balaban J connectivity index is 0.00000163. The Morgan fingerprint density at radius 2 is 1.57 bits per heavy atom. The minimum Gasteiger partial charge on any atom is -0.453 e. The molecule has 1 aromatic carbocycles. The Morgan fingerprint density at radius 3 is 2.19 bits per heavy atom. The zero-order valence-electron chi connectivity index (χ0n) is 22.5. The molecule has 0 saturated heterocycles. The largest absolute Gasteiger partial charge is 0.453 e. The molecule has 204 valence electrons. The number of hydrazine groups is 1. The second kappa shape index (κ2) is 15.1. The van der Waals surface area contributed by atoms with Crippen LogP contribution in [0.2, 0.25) is 0 Å². The van der Waals surface area contributed by atoms with Crippen LogP contribution in [0.5, 0.6) is 0 Å². The van der Waals surface area contributed by atoms with Gasteiger partial charge in [-0.05, 0) is 51.0 Å². The fourth-order valence-corrected chi connectivity index (χ4v) is 3.95. The van der Waals surface area contributed by atoms with Crippen LogP contribution in [0.1, 0.15) is 64.5 Å². The van der Waals surface area contributed by atoms with Crippen LogP contribution in [0, 0.1) is 5.92 Å². The lowest BCUT2D eigenvalue weighted by Crippen LogP contribution is -2.52. The maximum atomic E-state index is 12.1.